The molecule has 158 valence electrons. The Balaban J connectivity index is 1.82. The third-order valence-electron chi connectivity index (χ3n) is 5.22. The smallest absolute Gasteiger partial charge is 0.311 e. The second-order valence-corrected chi connectivity index (χ2v) is 9.14. The molecule has 0 amide bonds. The Morgan fingerprint density at radius 3 is 2.43 bits per heavy atom. The molecule has 0 bridgehead atoms. The van der Waals surface area contributed by atoms with Gasteiger partial charge in [-0.25, -0.2) is 4.39 Å². The third kappa shape index (κ3) is 5.00. The monoisotopic (exact) mass is 468 g/mol. The molecule has 0 N–H and O–H groups in total. The van der Waals surface area contributed by atoms with Gasteiger partial charge in [0.05, 0.1) is 11.0 Å². The number of para-hydroxylation sites is 1. The van der Waals surface area contributed by atoms with Crippen molar-refractivity contribution in [3.63, 3.8) is 0 Å². The van der Waals surface area contributed by atoms with Crippen LogP contribution < -0.4 is 4.74 Å². The molecule has 7 heteroatoms. The zero-order valence-electron chi connectivity index (χ0n) is 16.4. The predicted molar refractivity (Wildman–Crippen MR) is 117 cm³/mol. The summed E-state index contributed by atoms with van der Waals surface area (Å²) in [5.41, 5.74) is 0.0888. The lowest BCUT2D eigenvalue weighted by Gasteiger charge is -2.19. The van der Waals surface area contributed by atoms with Crippen molar-refractivity contribution in [1.82, 2.24) is 0 Å². The molecule has 0 saturated heterocycles. The van der Waals surface area contributed by atoms with Gasteiger partial charge in [-0.1, -0.05) is 79.5 Å². The summed E-state index contributed by atoms with van der Waals surface area (Å²) in [6.45, 7) is 7.55. The fraction of sp³-hybridized carbons (Fsp3) is 0.261. The van der Waals surface area contributed by atoms with Gasteiger partial charge in [0.2, 0.25) is 0 Å². The van der Waals surface area contributed by atoms with Crippen LogP contribution in [0.15, 0.2) is 70.7 Å². The van der Waals surface area contributed by atoms with Gasteiger partial charge in [0.1, 0.15) is 10.2 Å². The lowest BCUT2D eigenvalue weighted by atomic mass is 10.1. The third-order valence-corrected chi connectivity index (χ3v) is 5.67. The van der Waals surface area contributed by atoms with Gasteiger partial charge in [0, 0.05) is 5.56 Å². The quantitative estimate of drug-likeness (QED) is 0.393. The number of benzene rings is 2. The van der Waals surface area contributed by atoms with Gasteiger partial charge in [0.25, 0.3) is 0 Å². The Bertz CT molecular complexity index is 984. The first-order valence-corrected chi connectivity index (χ1v) is 10.3. The summed E-state index contributed by atoms with van der Waals surface area (Å²) < 4.78 is 25.6. The van der Waals surface area contributed by atoms with Gasteiger partial charge in [-0.3, -0.25) is 4.79 Å². The van der Waals surface area contributed by atoms with Crippen LogP contribution in [0.25, 0.3) is 0 Å². The molecule has 1 saturated carbocycles. The fourth-order valence-electron chi connectivity index (χ4n) is 3.45. The Labute approximate surface area is 190 Å². The van der Waals surface area contributed by atoms with Gasteiger partial charge >= 0.3 is 5.97 Å². The van der Waals surface area contributed by atoms with Crippen LogP contribution in [0.4, 0.5) is 4.39 Å². The van der Waals surface area contributed by atoms with Gasteiger partial charge in [-0.2, -0.15) is 0 Å². The zero-order valence-corrected chi connectivity index (χ0v) is 18.6. The number of hydrogen-bond donors (Lipinski definition) is 0. The molecule has 1 aliphatic rings. The van der Waals surface area contributed by atoms with Crippen molar-refractivity contribution < 1.29 is 18.7 Å². The van der Waals surface area contributed by atoms with E-state index < -0.39 is 23.8 Å². The first kappa shape index (κ1) is 22.7. The summed E-state index contributed by atoms with van der Waals surface area (Å²) in [6, 6.07) is 12.9. The highest BCUT2D eigenvalue weighted by Gasteiger charge is 2.62. The molecular formula is C23H20Cl3FO3. The summed E-state index contributed by atoms with van der Waals surface area (Å²) in [7, 11) is 0. The van der Waals surface area contributed by atoms with Crippen molar-refractivity contribution in [3.05, 3.63) is 82.1 Å². The maximum Gasteiger partial charge on any atom is 0.311 e. The van der Waals surface area contributed by atoms with Crippen molar-refractivity contribution in [2.75, 3.05) is 0 Å². The van der Waals surface area contributed by atoms with Gasteiger partial charge in [-0.15, -0.1) is 0 Å². The molecule has 3 rings (SSSR count). The standard InChI is InChI=1S/C23H20Cl3FO3/c1-13(24)21(30-22(28)20-16(12-19(25)26)23(20,2)3)14-9-10-17(27)18(11-14)29-15-7-5-4-6-8-15/h4-12,16,20-21H,1H2,2-3H3. The Morgan fingerprint density at radius 2 is 1.83 bits per heavy atom. The van der Waals surface area contributed by atoms with E-state index in [1.54, 1.807) is 30.3 Å². The van der Waals surface area contributed by atoms with E-state index in [1.165, 1.54) is 18.2 Å². The van der Waals surface area contributed by atoms with Crippen LogP contribution in [0.2, 0.25) is 0 Å². The number of allylic oxidation sites excluding steroid dienone is 1. The van der Waals surface area contributed by atoms with Crippen LogP contribution in [0.1, 0.15) is 25.5 Å². The SMILES string of the molecule is C=C(Cl)C(OC(=O)C1C(C=C(Cl)Cl)C1(C)C)c1ccc(F)c(Oc2ccccc2)c1. The average molecular weight is 470 g/mol. The number of carbonyl (C=O) groups excluding carboxylic acids is 1. The molecule has 30 heavy (non-hydrogen) atoms. The molecule has 0 spiro atoms. The predicted octanol–water partition coefficient (Wildman–Crippen LogP) is 7.55. The summed E-state index contributed by atoms with van der Waals surface area (Å²) in [6.07, 6.45) is 0.661. The number of hydrogen-bond acceptors (Lipinski definition) is 3. The zero-order chi connectivity index (χ0) is 22.1. The maximum absolute atomic E-state index is 14.3. The van der Waals surface area contributed by atoms with Crippen molar-refractivity contribution in [2.24, 2.45) is 17.3 Å². The van der Waals surface area contributed by atoms with E-state index in [0.29, 0.717) is 11.3 Å². The van der Waals surface area contributed by atoms with E-state index in [2.05, 4.69) is 6.58 Å². The Morgan fingerprint density at radius 1 is 1.17 bits per heavy atom. The van der Waals surface area contributed by atoms with E-state index in [1.807, 2.05) is 19.9 Å². The lowest BCUT2D eigenvalue weighted by Crippen LogP contribution is -2.16. The number of ether oxygens (including phenoxy) is 2. The minimum atomic E-state index is -0.967. The van der Waals surface area contributed by atoms with Crippen LogP contribution >= 0.6 is 34.8 Å². The van der Waals surface area contributed by atoms with E-state index in [9.17, 15) is 9.18 Å². The number of halogens is 4. The van der Waals surface area contributed by atoms with E-state index >= 15 is 0 Å². The summed E-state index contributed by atoms with van der Waals surface area (Å²) >= 11 is 17.6. The van der Waals surface area contributed by atoms with E-state index in [-0.39, 0.29) is 26.6 Å². The number of carbonyl (C=O) groups is 1. The first-order chi connectivity index (χ1) is 14.1. The normalized spacial score (nSPS) is 20.1. The molecule has 3 atom stereocenters. The average Bonchev–Trinajstić information content (AvgIpc) is 3.21. The summed E-state index contributed by atoms with van der Waals surface area (Å²) in [5, 5.41) is 0.0848. The lowest BCUT2D eigenvalue weighted by molar-refractivity contribution is -0.150. The van der Waals surface area contributed by atoms with Crippen LogP contribution in [-0.4, -0.2) is 5.97 Å². The van der Waals surface area contributed by atoms with Crippen molar-refractivity contribution in [3.8, 4) is 11.5 Å². The molecular weight excluding hydrogens is 450 g/mol. The van der Waals surface area contributed by atoms with Crippen LogP contribution in [0.3, 0.4) is 0 Å². The van der Waals surface area contributed by atoms with Gasteiger partial charge < -0.3 is 9.47 Å². The summed E-state index contributed by atoms with van der Waals surface area (Å²) in [5.74, 6) is -1.14. The molecule has 3 nitrogen and oxygen atoms in total. The Kier molecular flexibility index (Phi) is 6.81. The molecule has 0 heterocycles. The highest BCUT2D eigenvalue weighted by molar-refractivity contribution is 6.55. The highest BCUT2D eigenvalue weighted by Crippen LogP contribution is 2.60. The Hall–Kier alpha value is -2.01. The topological polar surface area (TPSA) is 35.5 Å². The van der Waals surface area contributed by atoms with Crippen molar-refractivity contribution in [2.45, 2.75) is 20.0 Å². The van der Waals surface area contributed by atoms with Gasteiger partial charge in [0.15, 0.2) is 17.7 Å². The van der Waals surface area contributed by atoms with E-state index in [4.69, 9.17) is 44.3 Å². The second-order valence-electron chi connectivity index (χ2n) is 7.65. The van der Waals surface area contributed by atoms with Gasteiger partial charge in [-0.05, 0) is 41.7 Å². The second kappa shape index (κ2) is 9.01. The number of rotatable bonds is 7. The number of esters is 1. The van der Waals surface area contributed by atoms with Crippen molar-refractivity contribution >= 4 is 40.8 Å². The molecule has 2 aromatic rings. The molecule has 0 radical (unpaired) electrons. The molecule has 2 aromatic carbocycles. The fourth-order valence-corrected chi connectivity index (χ4v) is 3.90. The molecule has 0 aromatic heterocycles. The minimum absolute atomic E-state index is 0.0147. The van der Waals surface area contributed by atoms with Crippen LogP contribution in [-0.2, 0) is 9.53 Å². The molecule has 1 fully saturated rings. The first-order valence-electron chi connectivity index (χ1n) is 9.21. The van der Waals surface area contributed by atoms with E-state index in [0.717, 1.165) is 0 Å². The highest BCUT2D eigenvalue weighted by atomic mass is 35.5. The molecule has 3 unspecified atom stereocenters. The minimum Gasteiger partial charge on any atom is -0.454 e. The summed E-state index contributed by atoms with van der Waals surface area (Å²) in [4.78, 5) is 12.8. The molecule has 1 aliphatic carbocycles. The van der Waals surface area contributed by atoms with Crippen molar-refractivity contribution in [1.29, 1.82) is 0 Å². The van der Waals surface area contributed by atoms with Crippen LogP contribution in [0.5, 0.6) is 11.5 Å². The maximum atomic E-state index is 14.3. The largest absolute Gasteiger partial charge is 0.454 e. The van der Waals surface area contributed by atoms with Crippen LogP contribution in [0, 0.1) is 23.1 Å². The molecule has 0 aliphatic heterocycles.